The van der Waals surface area contributed by atoms with Crippen LogP contribution in [0.1, 0.15) is 56.8 Å². The molecular weight excluding hydrogens is 246 g/mol. The van der Waals surface area contributed by atoms with Gasteiger partial charge in [0.25, 0.3) is 0 Å². The second-order valence-electron chi connectivity index (χ2n) is 5.74. The summed E-state index contributed by atoms with van der Waals surface area (Å²) >= 11 is 0. The van der Waals surface area contributed by atoms with Gasteiger partial charge in [-0.2, -0.15) is 0 Å². The number of nitrogens with one attached hydrogen (secondary N) is 1. The van der Waals surface area contributed by atoms with Crippen molar-refractivity contribution in [2.24, 2.45) is 0 Å². The molecule has 20 heavy (non-hydrogen) atoms. The van der Waals surface area contributed by atoms with Crippen LogP contribution < -0.4 is 5.32 Å². The lowest BCUT2D eigenvalue weighted by molar-refractivity contribution is 0.193. The highest BCUT2D eigenvalue weighted by atomic mass is 15.2. The highest BCUT2D eigenvalue weighted by molar-refractivity contribution is 5.16. The monoisotopic (exact) mass is 275 g/mol. The first-order valence-corrected chi connectivity index (χ1v) is 8.24. The first kappa shape index (κ1) is 15.5. The molecule has 1 fully saturated rings. The molecule has 0 aromatic carbocycles. The number of hydrogen-bond donors (Lipinski definition) is 1. The normalized spacial score (nSPS) is 18.7. The summed E-state index contributed by atoms with van der Waals surface area (Å²) in [7, 11) is 0. The zero-order valence-corrected chi connectivity index (χ0v) is 13.1. The van der Waals surface area contributed by atoms with Crippen LogP contribution in [0.4, 0.5) is 0 Å². The lowest BCUT2D eigenvalue weighted by Gasteiger charge is -2.30. The Bertz CT molecular complexity index is 366. The third kappa shape index (κ3) is 4.29. The number of nitrogens with zero attached hydrogens (tertiary/aromatic N) is 2. The summed E-state index contributed by atoms with van der Waals surface area (Å²) in [6.07, 6.45) is 8.15. The van der Waals surface area contributed by atoms with Crippen molar-refractivity contribution in [2.75, 3.05) is 26.2 Å². The lowest BCUT2D eigenvalue weighted by atomic mass is 10.0. The second kappa shape index (κ2) is 8.38. The minimum atomic E-state index is 0.501. The van der Waals surface area contributed by atoms with Gasteiger partial charge in [-0.05, 0) is 37.4 Å². The molecule has 1 aromatic heterocycles. The van der Waals surface area contributed by atoms with Crippen molar-refractivity contribution in [1.29, 1.82) is 0 Å². The van der Waals surface area contributed by atoms with Gasteiger partial charge in [-0.3, -0.25) is 9.88 Å². The summed E-state index contributed by atoms with van der Waals surface area (Å²) in [6, 6.07) is 5.00. The maximum Gasteiger partial charge on any atom is 0.0575 e. The summed E-state index contributed by atoms with van der Waals surface area (Å²) in [5.41, 5.74) is 2.60. The fraction of sp³-hybridized carbons (Fsp3) is 0.706. The van der Waals surface area contributed by atoms with E-state index in [1.165, 1.54) is 43.5 Å². The number of aromatic nitrogens is 1. The topological polar surface area (TPSA) is 28.2 Å². The van der Waals surface area contributed by atoms with Crippen LogP contribution in [0.5, 0.6) is 0 Å². The van der Waals surface area contributed by atoms with E-state index in [1.54, 1.807) is 0 Å². The van der Waals surface area contributed by atoms with Gasteiger partial charge in [0.15, 0.2) is 0 Å². The van der Waals surface area contributed by atoms with Gasteiger partial charge in [-0.1, -0.05) is 32.8 Å². The summed E-state index contributed by atoms with van der Waals surface area (Å²) in [4.78, 5) is 7.38. The van der Waals surface area contributed by atoms with Gasteiger partial charge < -0.3 is 5.32 Å². The summed E-state index contributed by atoms with van der Waals surface area (Å²) < 4.78 is 0. The minimum absolute atomic E-state index is 0.501. The predicted octanol–water partition coefficient (Wildman–Crippen LogP) is 3.17. The molecule has 1 unspecified atom stereocenters. The first-order valence-electron chi connectivity index (χ1n) is 8.24. The second-order valence-corrected chi connectivity index (χ2v) is 5.74. The van der Waals surface area contributed by atoms with Crippen LogP contribution in [0, 0.1) is 0 Å². The van der Waals surface area contributed by atoms with E-state index < -0.39 is 0 Å². The van der Waals surface area contributed by atoms with E-state index in [0.29, 0.717) is 6.04 Å². The van der Waals surface area contributed by atoms with Crippen LogP contribution in [0.15, 0.2) is 18.3 Å². The van der Waals surface area contributed by atoms with Crippen LogP contribution in [0.2, 0.25) is 0 Å². The zero-order valence-electron chi connectivity index (χ0n) is 13.1. The van der Waals surface area contributed by atoms with Gasteiger partial charge >= 0.3 is 0 Å². The van der Waals surface area contributed by atoms with Crippen LogP contribution in [0.3, 0.4) is 0 Å². The maximum atomic E-state index is 4.75. The molecule has 0 spiro atoms. The number of aryl methyl sites for hydroxylation is 1. The number of hydrogen-bond acceptors (Lipinski definition) is 3. The number of pyridine rings is 1. The average Bonchev–Trinajstić information content (AvgIpc) is 2.77. The van der Waals surface area contributed by atoms with Crippen LogP contribution >= 0.6 is 0 Å². The molecule has 3 heteroatoms. The highest BCUT2D eigenvalue weighted by Crippen LogP contribution is 2.25. The van der Waals surface area contributed by atoms with E-state index in [4.69, 9.17) is 4.98 Å². The molecule has 0 bridgehead atoms. The van der Waals surface area contributed by atoms with Crippen molar-refractivity contribution in [2.45, 2.75) is 52.0 Å². The van der Waals surface area contributed by atoms with Crippen molar-refractivity contribution in [1.82, 2.24) is 15.2 Å². The molecule has 2 heterocycles. The molecule has 0 saturated carbocycles. The van der Waals surface area contributed by atoms with Gasteiger partial charge in [0, 0.05) is 25.8 Å². The number of unbranched alkanes of at least 4 members (excludes halogenated alkanes) is 1. The van der Waals surface area contributed by atoms with Crippen molar-refractivity contribution in [3.05, 3.63) is 29.6 Å². The zero-order chi connectivity index (χ0) is 14.2. The van der Waals surface area contributed by atoms with E-state index in [0.717, 1.165) is 26.1 Å². The number of rotatable bonds is 6. The van der Waals surface area contributed by atoms with Crippen molar-refractivity contribution >= 4 is 0 Å². The molecule has 2 rings (SSSR count). The van der Waals surface area contributed by atoms with E-state index in [1.807, 2.05) is 0 Å². The van der Waals surface area contributed by atoms with Crippen molar-refractivity contribution < 1.29 is 0 Å². The highest BCUT2D eigenvalue weighted by Gasteiger charge is 2.21. The SMILES string of the molecule is CCCCC(c1ccc(CC)cn1)N1CCCNCC1. The molecule has 112 valence electrons. The van der Waals surface area contributed by atoms with E-state index in [-0.39, 0.29) is 0 Å². The van der Waals surface area contributed by atoms with Gasteiger partial charge in [0.1, 0.15) is 0 Å². The Morgan fingerprint density at radius 2 is 2.15 bits per heavy atom. The maximum absolute atomic E-state index is 4.75. The molecule has 0 amide bonds. The summed E-state index contributed by atoms with van der Waals surface area (Å²) in [5, 5.41) is 3.50. The van der Waals surface area contributed by atoms with Crippen LogP contribution in [-0.4, -0.2) is 36.1 Å². The molecule has 1 saturated heterocycles. The Hall–Kier alpha value is -0.930. The molecule has 1 aliphatic heterocycles. The fourth-order valence-electron chi connectivity index (χ4n) is 2.94. The Balaban J connectivity index is 2.11. The van der Waals surface area contributed by atoms with E-state index >= 15 is 0 Å². The Labute approximate surface area is 123 Å². The molecule has 1 atom stereocenters. The van der Waals surface area contributed by atoms with E-state index in [9.17, 15) is 0 Å². The standard InChI is InChI=1S/C17H29N3/c1-3-5-7-17(20-12-6-10-18-11-13-20)16-9-8-15(4-2)14-19-16/h8-9,14,17-18H,3-7,10-13H2,1-2H3. The molecule has 1 N–H and O–H groups in total. The van der Waals surface area contributed by atoms with Crippen LogP contribution in [-0.2, 0) is 6.42 Å². The van der Waals surface area contributed by atoms with Crippen molar-refractivity contribution in [3.63, 3.8) is 0 Å². The largest absolute Gasteiger partial charge is 0.315 e. The van der Waals surface area contributed by atoms with Gasteiger partial charge in [0.05, 0.1) is 11.7 Å². The lowest BCUT2D eigenvalue weighted by Crippen LogP contribution is -2.32. The van der Waals surface area contributed by atoms with Gasteiger partial charge in [-0.25, -0.2) is 0 Å². The Kier molecular flexibility index (Phi) is 6.48. The van der Waals surface area contributed by atoms with E-state index in [2.05, 4.69) is 42.4 Å². The smallest absolute Gasteiger partial charge is 0.0575 e. The Morgan fingerprint density at radius 3 is 2.85 bits per heavy atom. The molecular formula is C17H29N3. The Morgan fingerprint density at radius 1 is 1.25 bits per heavy atom. The van der Waals surface area contributed by atoms with Gasteiger partial charge in [-0.15, -0.1) is 0 Å². The third-order valence-electron chi connectivity index (χ3n) is 4.24. The summed E-state index contributed by atoms with van der Waals surface area (Å²) in [5.74, 6) is 0. The summed E-state index contributed by atoms with van der Waals surface area (Å²) in [6.45, 7) is 9.05. The van der Waals surface area contributed by atoms with Crippen LogP contribution in [0.25, 0.3) is 0 Å². The fourth-order valence-corrected chi connectivity index (χ4v) is 2.94. The molecule has 1 aliphatic rings. The molecule has 1 aromatic rings. The average molecular weight is 275 g/mol. The predicted molar refractivity (Wildman–Crippen MR) is 84.9 cm³/mol. The third-order valence-corrected chi connectivity index (χ3v) is 4.24. The van der Waals surface area contributed by atoms with Crippen molar-refractivity contribution in [3.8, 4) is 0 Å². The van der Waals surface area contributed by atoms with Gasteiger partial charge in [0.2, 0.25) is 0 Å². The molecule has 3 nitrogen and oxygen atoms in total. The molecule has 0 aliphatic carbocycles. The molecule has 0 radical (unpaired) electrons. The quantitative estimate of drug-likeness (QED) is 0.864. The minimum Gasteiger partial charge on any atom is -0.315 e. The first-order chi connectivity index (χ1) is 9.85.